The van der Waals surface area contributed by atoms with Crippen molar-refractivity contribution in [2.45, 2.75) is 31.7 Å². The lowest BCUT2D eigenvalue weighted by Gasteiger charge is -2.22. The van der Waals surface area contributed by atoms with Crippen LogP contribution >= 0.6 is 0 Å². The summed E-state index contributed by atoms with van der Waals surface area (Å²) < 4.78 is 4.63. The van der Waals surface area contributed by atoms with Gasteiger partial charge in [-0.25, -0.2) is 4.63 Å². The van der Waals surface area contributed by atoms with Crippen LogP contribution < -0.4 is 5.32 Å². The van der Waals surface area contributed by atoms with E-state index in [-0.39, 0.29) is 5.91 Å². The zero-order valence-corrected chi connectivity index (χ0v) is 11.9. The molecule has 7 heteroatoms. The predicted molar refractivity (Wildman–Crippen MR) is 78.2 cm³/mol. The molecule has 1 fully saturated rings. The Kier molecular flexibility index (Phi) is 3.10. The van der Waals surface area contributed by atoms with Crippen molar-refractivity contribution < 1.29 is 9.42 Å². The first kappa shape index (κ1) is 13.0. The number of rotatable bonds is 4. The van der Waals surface area contributed by atoms with E-state index in [0.29, 0.717) is 29.1 Å². The van der Waals surface area contributed by atoms with Gasteiger partial charge in [0, 0.05) is 11.5 Å². The van der Waals surface area contributed by atoms with Crippen molar-refractivity contribution in [3.05, 3.63) is 41.2 Å². The summed E-state index contributed by atoms with van der Waals surface area (Å²) in [6.45, 7) is 0.424. The number of nitrogens with zero attached hydrogens (tertiary/aromatic N) is 3. The molecule has 1 aliphatic carbocycles. The smallest absolute Gasteiger partial charge is 0.251 e. The van der Waals surface area contributed by atoms with Gasteiger partial charge in [0.25, 0.3) is 5.91 Å². The van der Waals surface area contributed by atoms with E-state index < -0.39 is 0 Å². The van der Waals surface area contributed by atoms with Crippen molar-refractivity contribution in [1.82, 2.24) is 25.8 Å². The van der Waals surface area contributed by atoms with Crippen LogP contribution in [0.15, 0.2) is 28.9 Å². The van der Waals surface area contributed by atoms with Gasteiger partial charge in [-0.3, -0.25) is 9.89 Å². The van der Waals surface area contributed by atoms with E-state index in [4.69, 9.17) is 0 Å². The van der Waals surface area contributed by atoms with Gasteiger partial charge in [-0.2, -0.15) is 5.10 Å². The Morgan fingerprint density at radius 1 is 1.27 bits per heavy atom. The fraction of sp³-hybridized carbons (Fsp3) is 0.333. The summed E-state index contributed by atoms with van der Waals surface area (Å²) in [6, 6.07) is 7.11. The molecule has 7 nitrogen and oxygen atoms in total. The fourth-order valence-electron chi connectivity index (χ4n) is 2.58. The lowest BCUT2D eigenvalue weighted by Crippen LogP contribution is -2.22. The molecule has 3 aromatic rings. The highest BCUT2D eigenvalue weighted by atomic mass is 16.6. The number of carbonyl (C=O) groups excluding carboxylic acids is 1. The van der Waals surface area contributed by atoms with Gasteiger partial charge in [0.2, 0.25) is 0 Å². The van der Waals surface area contributed by atoms with Crippen molar-refractivity contribution in [1.29, 1.82) is 0 Å². The van der Waals surface area contributed by atoms with Crippen LogP contribution in [0.25, 0.3) is 11.0 Å². The van der Waals surface area contributed by atoms with E-state index in [2.05, 4.69) is 30.5 Å². The molecule has 2 N–H and O–H groups in total. The van der Waals surface area contributed by atoms with Crippen molar-refractivity contribution in [3.63, 3.8) is 0 Å². The van der Waals surface area contributed by atoms with Crippen LogP contribution in [0.3, 0.4) is 0 Å². The zero-order valence-electron chi connectivity index (χ0n) is 11.9. The predicted octanol–water partition coefficient (Wildman–Crippen LogP) is 2.14. The summed E-state index contributed by atoms with van der Waals surface area (Å²) in [7, 11) is 0. The minimum atomic E-state index is -0.162. The number of aromatic nitrogens is 4. The number of hydrogen-bond donors (Lipinski definition) is 2. The van der Waals surface area contributed by atoms with E-state index in [1.165, 1.54) is 19.3 Å². The van der Waals surface area contributed by atoms with Gasteiger partial charge in [-0.05, 0) is 47.4 Å². The molecule has 2 heterocycles. The molecule has 0 unspecified atom stereocenters. The van der Waals surface area contributed by atoms with Crippen LogP contribution in [-0.2, 0) is 6.54 Å². The van der Waals surface area contributed by atoms with Crippen molar-refractivity contribution >= 4 is 16.9 Å². The molecule has 22 heavy (non-hydrogen) atoms. The topological polar surface area (TPSA) is 96.7 Å². The van der Waals surface area contributed by atoms with Crippen molar-refractivity contribution in [3.8, 4) is 0 Å². The number of amides is 1. The normalized spacial score (nSPS) is 14.9. The average Bonchev–Trinajstić information content (AvgIpc) is 3.11. The van der Waals surface area contributed by atoms with E-state index in [1.54, 1.807) is 18.2 Å². The summed E-state index contributed by atoms with van der Waals surface area (Å²) in [4.78, 5) is 12.2. The summed E-state index contributed by atoms with van der Waals surface area (Å²) in [5.74, 6) is 0.424. The number of carbonyl (C=O) groups is 1. The van der Waals surface area contributed by atoms with E-state index in [1.807, 2.05) is 6.07 Å². The quantitative estimate of drug-likeness (QED) is 0.769. The second kappa shape index (κ2) is 5.25. The van der Waals surface area contributed by atoms with Gasteiger partial charge < -0.3 is 5.32 Å². The third-order valence-corrected chi connectivity index (χ3v) is 4.13. The number of H-pyrrole nitrogens is 1. The maximum Gasteiger partial charge on any atom is 0.251 e. The minimum absolute atomic E-state index is 0.162. The third-order valence-electron chi connectivity index (χ3n) is 4.13. The van der Waals surface area contributed by atoms with Crippen LogP contribution in [-0.4, -0.2) is 26.4 Å². The second-order valence-corrected chi connectivity index (χ2v) is 5.60. The standard InChI is InChI=1S/C15H15N5O2/c21-15(10-4-5-12-14(6-10)20-22-19-12)16-8-11-7-13(18-17-11)9-2-1-3-9/h4-7,9H,1-3,8H2,(H,16,21)(H,17,18). The molecule has 1 amide bonds. The van der Waals surface area contributed by atoms with E-state index in [0.717, 1.165) is 11.4 Å². The molecule has 0 spiro atoms. The lowest BCUT2D eigenvalue weighted by atomic mass is 9.83. The summed E-state index contributed by atoms with van der Waals surface area (Å²) in [5.41, 5.74) is 3.75. The summed E-state index contributed by atoms with van der Waals surface area (Å²) in [6.07, 6.45) is 3.70. The first-order valence-corrected chi connectivity index (χ1v) is 7.34. The van der Waals surface area contributed by atoms with Gasteiger partial charge in [-0.15, -0.1) is 0 Å². The molecule has 1 aromatic carbocycles. The average molecular weight is 297 g/mol. The second-order valence-electron chi connectivity index (χ2n) is 5.60. The Morgan fingerprint density at radius 2 is 2.14 bits per heavy atom. The van der Waals surface area contributed by atoms with E-state index >= 15 is 0 Å². The van der Waals surface area contributed by atoms with Crippen LogP contribution in [0, 0.1) is 0 Å². The summed E-state index contributed by atoms with van der Waals surface area (Å²) in [5, 5.41) is 17.6. The maximum absolute atomic E-state index is 12.2. The first-order valence-electron chi connectivity index (χ1n) is 7.34. The number of benzene rings is 1. The highest BCUT2D eigenvalue weighted by Crippen LogP contribution is 2.35. The molecule has 112 valence electrons. The Bertz CT molecular complexity index is 818. The van der Waals surface area contributed by atoms with Crippen molar-refractivity contribution in [2.75, 3.05) is 0 Å². The van der Waals surface area contributed by atoms with Gasteiger partial charge in [0.15, 0.2) is 0 Å². The molecule has 0 aliphatic heterocycles. The molecule has 0 saturated heterocycles. The number of fused-ring (bicyclic) bond motifs is 1. The molecule has 1 saturated carbocycles. The van der Waals surface area contributed by atoms with Crippen molar-refractivity contribution in [2.24, 2.45) is 0 Å². The molecule has 0 radical (unpaired) electrons. The molecular weight excluding hydrogens is 282 g/mol. The number of aromatic amines is 1. The molecule has 0 bridgehead atoms. The zero-order chi connectivity index (χ0) is 14.9. The largest absolute Gasteiger partial charge is 0.346 e. The van der Waals surface area contributed by atoms with Crippen LogP contribution in [0.5, 0.6) is 0 Å². The first-order chi connectivity index (χ1) is 10.8. The number of hydrogen-bond acceptors (Lipinski definition) is 5. The minimum Gasteiger partial charge on any atom is -0.346 e. The molecule has 2 aromatic heterocycles. The Labute approximate surface area is 126 Å². The lowest BCUT2D eigenvalue weighted by molar-refractivity contribution is 0.0950. The van der Waals surface area contributed by atoms with Gasteiger partial charge in [0.05, 0.1) is 17.9 Å². The highest BCUT2D eigenvalue weighted by molar-refractivity contribution is 5.97. The monoisotopic (exact) mass is 297 g/mol. The Balaban J connectivity index is 1.41. The van der Waals surface area contributed by atoms with Crippen LogP contribution in [0.1, 0.15) is 46.9 Å². The number of nitrogens with one attached hydrogen (secondary N) is 2. The molecular formula is C15H15N5O2. The van der Waals surface area contributed by atoms with E-state index in [9.17, 15) is 4.79 Å². The molecule has 1 aliphatic rings. The third kappa shape index (κ3) is 2.34. The molecule has 0 atom stereocenters. The maximum atomic E-state index is 12.2. The van der Waals surface area contributed by atoms with Gasteiger partial charge in [-0.1, -0.05) is 6.42 Å². The fourth-order valence-corrected chi connectivity index (χ4v) is 2.58. The Morgan fingerprint density at radius 3 is 2.95 bits per heavy atom. The van der Waals surface area contributed by atoms with Crippen LogP contribution in [0.2, 0.25) is 0 Å². The molecule has 4 rings (SSSR count). The summed E-state index contributed by atoms with van der Waals surface area (Å²) >= 11 is 0. The Hall–Kier alpha value is -2.70. The van der Waals surface area contributed by atoms with Gasteiger partial charge in [0.1, 0.15) is 11.0 Å². The highest BCUT2D eigenvalue weighted by Gasteiger charge is 2.22. The van der Waals surface area contributed by atoms with Gasteiger partial charge >= 0.3 is 0 Å². The SMILES string of the molecule is O=C(NCc1cc(C2CCC2)n[nH]1)c1ccc2nonc2c1. The van der Waals surface area contributed by atoms with Crippen LogP contribution in [0.4, 0.5) is 0 Å².